The molecule has 7 nitrogen and oxygen atoms in total. The van der Waals surface area contributed by atoms with Crippen LogP contribution < -0.4 is 4.72 Å². The van der Waals surface area contributed by atoms with E-state index in [0.29, 0.717) is 28.7 Å². The highest BCUT2D eigenvalue weighted by Crippen LogP contribution is 2.25. The molecule has 1 N–H and O–H groups in total. The number of hydrogen-bond acceptors (Lipinski definition) is 6. The van der Waals surface area contributed by atoms with Crippen LogP contribution in [0.2, 0.25) is 0 Å². The van der Waals surface area contributed by atoms with Gasteiger partial charge in [0.15, 0.2) is 5.76 Å². The third kappa shape index (κ3) is 3.93. The van der Waals surface area contributed by atoms with E-state index in [2.05, 4.69) is 14.9 Å². The molecule has 8 heteroatoms. The van der Waals surface area contributed by atoms with Crippen molar-refractivity contribution in [3.05, 3.63) is 96.6 Å². The van der Waals surface area contributed by atoms with Crippen LogP contribution in [-0.2, 0) is 16.4 Å². The van der Waals surface area contributed by atoms with Gasteiger partial charge in [0.05, 0.1) is 23.3 Å². The Hall–Kier alpha value is -3.91. The molecule has 5 aromatic rings. The minimum atomic E-state index is -3.78. The Kier molecular flexibility index (Phi) is 4.76. The average molecular weight is 431 g/mol. The number of benzene rings is 3. The van der Waals surface area contributed by atoms with Crippen molar-refractivity contribution in [2.45, 2.75) is 11.3 Å². The number of rotatable bonds is 6. The molecule has 0 aliphatic heterocycles. The molecular weight excluding hydrogens is 414 g/mol. The molecular formula is C23H17N3O4S. The summed E-state index contributed by atoms with van der Waals surface area (Å²) in [5.41, 5.74) is 1.16. The molecule has 5 rings (SSSR count). The lowest BCUT2D eigenvalue weighted by Crippen LogP contribution is -2.14. The zero-order valence-corrected chi connectivity index (χ0v) is 17.0. The molecule has 0 aliphatic rings. The number of furan rings is 1. The molecule has 0 bridgehead atoms. The second-order valence-corrected chi connectivity index (χ2v) is 8.62. The van der Waals surface area contributed by atoms with Crippen molar-refractivity contribution in [2.75, 3.05) is 4.72 Å². The van der Waals surface area contributed by atoms with E-state index in [9.17, 15) is 8.42 Å². The quantitative estimate of drug-likeness (QED) is 0.412. The molecule has 0 aliphatic carbocycles. The molecule has 0 spiro atoms. The SMILES string of the molecule is O=S(=O)(Nc1ccccc1Cc1nc(-c2ccco2)no1)c1ccc2ccccc2c1. The van der Waals surface area contributed by atoms with E-state index in [4.69, 9.17) is 8.94 Å². The van der Waals surface area contributed by atoms with E-state index in [-0.39, 0.29) is 11.3 Å². The van der Waals surface area contributed by atoms with Crippen LogP contribution in [0, 0.1) is 0 Å². The van der Waals surface area contributed by atoms with Crippen LogP contribution in [-0.4, -0.2) is 18.6 Å². The fourth-order valence-corrected chi connectivity index (χ4v) is 4.44. The van der Waals surface area contributed by atoms with Crippen molar-refractivity contribution in [3.63, 3.8) is 0 Å². The second kappa shape index (κ2) is 7.73. The summed E-state index contributed by atoms with van der Waals surface area (Å²) in [6.45, 7) is 0. The van der Waals surface area contributed by atoms with E-state index in [1.807, 2.05) is 36.4 Å². The first-order chi connectivity index (χ1) is 15.1. The maximum Gasteiger partial charge on any atom is 0.261 e. The van der Waals surface area contributed by atoms with Gasteiger partial charge in [0.25, 0.3) is 10.0 Å². The lowest BCUT2D eigenvalue weighted by molar-refractivity contribution is 0.384. The zero-order chi connectivity index (χ0) is 21.3. The van der Waals surface area contributed by atoms with Gasteiger partial charge in [-0.3, -0.25) is 4.72 Å². The summed E-state index contributed by atoms with van der Waals surface area (Å²) in [5.74, 6) is 1.19. The number of hydrogen-bond donors (Lipinski definition) is 1. The maximum absolute atomic E-state index is 13.0. The van der Waals surface area contributed by atoms with Crippen molar-refractivity contribution in [1.82, 2.24) is 10.1 Å². The Morgan fingerprint density at radius 1 is 0.871 bits per heavy atom. The van der Waals surface area contributed by atoms with Gasteiger partial charge in [0, 0.05) is 0 Å². The van der Waals surface area contributed by atoms with E-state index >= 15 is 0 Å². The number of sulfonamides is 1. The van der Waals surface area contributed by atoms with Crippen LogP contribution in [0.25, 0.3) is 22.4 Å². The van der Waals surface area contributed by atoms with E-state index < -0.39 is 10.0 Å². The lowest BCUT2D eigenvalue weighted by atomic mass is 10.1. The van der Waals surface area contributed by atoms with Crippen molar-refractivity contribution in [1.29, 1.82) is 0 Å². The molecule has 0 radical (unpaired) electrons. The molecule has 0 unspecified atom stereocenters. The predicted molar refractivity (Wildman–Crippen MR) is 116 cm³/mol. The van der Waals surface area contributed by atoms with Gasteiger partial charge in [-0.05, 0) is 46.7 Å². The lowest BCUT2D eigenvalue weighted by Gasteiger charge is -2.12. The maximum atomic E-state index is 13.0. The first-order valence-corrected chi connectivity index (χ1v) is 11.0. The van der Waals surface area contributed by atoms with Crippen LogP contribution in [0.1, 0.15) is 11.5 Å². The summed E-state index contributed by atoms with van der Waals surface area (Å²) < 4.78 is 39.3. The largest absolute Gasteiger partial charge is 0.461 e. The van der Waals surface area contributed by atoms with Crippen LogP contribution in [0.4, 0.5) is 5.69 Å². The molecule has 0 atom stereocenters. The molecule has 0 amide bonds. The first kappa shape index (κ1) is 19.1. The van der Waals surface area contributed by atoms with Gasteiger partial charge < -0.3 is 8.94 Å². The summed E-state index contributed by atoms with van der Waals surface area (Å²) in [4.78, 5) is 4.52. The predicted octanol–water partition coefficient (Wildman–Crippen LogP) is 4.87. The normalized spacial score (nSPS) is 11.6. The summed E-state index contributed by atoms with van der Waals surface area (Å²) in [5, 5.41) is 5.75. The molecule has 0 fully saturated rings. The van der Waals surface area contributed by atoms with Crippen molar-refractivity contribution < 1.29 is 17.4 Å². The Labute approximate surface area is 178 Å². The van der Waals surface area contributed by atoms with Crippen molar-refractivity contribution >= 4 is 26.5 Å². The Morgan fingerprint density at radius 3 is 2.52 bits per heavy atom. The molecule has 31 heavy (non-hydrogen) atoms. The van der Waals surface area contributed by atoms with Crippen LogP contribution in [0.5, 0.6) is 0 Å². The number of nitrogens with one attached hydrogen (secondary N) is 1. The minimum absolute atomic E-state index is 0.193. The standard InChI is InChI=1S/C23H17N3O4S/c27-31(28,19-12-11-16-6-1-2-7-17(16)14-19)26-20-9-4-3-8-18(20)15-22-24-23(25-30-22)21-10-5-13-29-21/h1-14,26H,15H2. The third-order valence-electron chi connectivity index (χ3n) is 4.84. The number of fused-ring (bicyclic) bond motifs is 1. The van der Waals surface area contributed by atoms with Gasteiger partial charge in [-0.25, -0.2) is 8.42 Å². The van der Waals surface area contributed by atoms with Gasteiger partial charge in [-0.1, -0.05) is 53.7 Å². The number of para-hydroxylation sites is 1. The van der Waals surface area contributed by atoms with Gasteiger partial charge in [-0.15, -0.1) is 0 Å². The topological polar surface area (TPSA) is 98.2 Å². The molecule has 2 aromatic heterocycles. The first-order valence-electron chi connectivity index (χ1n) is 9.54. The fourth-order valence-electron chi connectivity index (χ4n) is 3.31. The van der Waals surface area contributed by atoms with E-state index in [1.165, 1.54) is 6.26 Å². The Bertz CT molecular complexity index is 1460. The van der Waals surface area contributed by atoms with Crippen molar-refractivity contribution in [2.24, 2.45) is 0 Å². The van der Waals surface area contributed by atoms with Gasteiger partial charge in [0.1, 0.15) is 0 Å². The molecule has 3 aromatic carbocycles. The number of nitrogens with zero attached hydrogens (tertiary/aromatic N) is 2. The highest BCUT2D eigenvalue weighted by atomic mass is 32.2. The Balaban J connectivity index is 1.42. The molecule has 154 valence electrons. The Morgan fingerprint density at radius 2 is 1.68 bits per heavy atom. The molecule has 0 saturated heterocycles. The second-order valence-electron chi connectivity index (χ2n) is 6.94. The van der Waals surface area contributed by atoms with E-state index in [0.717, 1.165) is 10.8 Å². The number of anilines is 1. The average Bonchev–Trinajstić information content (AvgIpc) is 3.47. The van der Waals surface area contributed by atoms with E-state index in [1.54, 1.807) is 42.5 Å². The monoisotopic (exact) mass is 431 g/mol. The summed E-state index contributed by atoms with van der Waals surface area (Å²) in [7, 11) is -3.78. The highest BCUT2D eigenvalue weighted by molar-refractivity contribution is 7.92. The molecule has 2 heterocycles. The zero-order valence-electron chi connectivity index (χ0n) is 16.2. The van der Waals surface area contributed by atoms with Crippen molar-refractivity contribution in [3.8, 4) is 11.6 Å². The highest BCUT2D eigenvalue weighted by Gasteiger charge is 2.18. The minimum Gasteiger partial charge on any atom is -0.461 e. The van der Waals surface area contributed by atoms with Gasteiger partial charge in [-0.2, -0.15) is 4.98 Å². The van der Waals surface area contributed by atoms with Gasteiger partial charge >= 0.3 is 0 Å². The van der Waals surface area contributed by atoms with Crippen LogP contribution >= 0.6 is 0 Å². The summed E-state index contributed by atoms with van der Waals surface area (Å²) >= 11 is 0. The van der Waals surface area contributed by atoms with Crippen LogP contribution in [0.15, 0.2) is 99.0 Å². The summed E-state index contributed by atoms with van der Waals surface area (Å²) in [6.07, 6.45) is 1.80. The third-order valence-corrected chi connectivity index (χ3v) is 6.21. The summed E-state index contributed by atoms with van der Waals surface area (Å²) in [6, 6.07) is 23.3. The van der Waals surface area contributed by atoms with Crippen LogP contribution in [0.3, 0.4) is 0 Å². The smallest absolute Gasteiger partial charge is 0.261 e. The fraction of sp³-hybridized carbons (Fsp3) is 0.0435. The molecule has 0 saturated carbocycles. The van der Waals surface area contributed by atoms with Gasteiger partial charge in [0.2, 0.25) is 11.7 Å². The number of aromatic nitrogens is 2.